The Balaban J connectivity index is 3.04. The van der Waals surface area contributed by atoms with Crippen molar-refractivity contribution in [3.05, 3.63) is 23.4 Å². The number of carbonyl (C=O) groups excluding carboxylic acids is 2. The Morgan fingerprint density at radius 3 is 3.06 bits per heavy atom. The second-order valence-corrected chi connectivity index (χ2v) is 2.82. The summed E-state index contributed by atoms with van der Waals surface area (Å²) in [4.78, 5) is 25.1. The number of carbonyl (C=O) groups is 2. The van der Waals surface area contributed by atoms with Gasteiger partial charge >= 0.3 is 5.97 Å². The van der Waals surface area contributed by atoms with E-state index < -0.39 is 5.97 Å². The average molecular weight is 218 g/mol. The normalized spacial score (nSPS) is 8.81. The molecule has 0 unspecified atom stereocenters. The molecule has 1 heterocycles. The predicted molar refractivity (Wildman–Crippen MR) is 57.5 cm³/mol. The van der Waals surface area contributed by atoms with Crippen molar-refractivity contribution in [3.8, 4) is 11.8 Å². The quantitative estimate of drug-likeness (QED) is 0.441. The summed E-state index contributed by atoms with van der Waals surface area (Å²) in [7, 11) is 1.26. The number of nitrogens with zero attached hydrogens (tertiary/aromatic N) is 1. The van der Waals surface area contributed by atoms with Gasteiger partial charge in [0.2, 0.25) is 0 Å². The number of ether oxygens (including phenoxy) is 1. The number of methoxy groups -OCH3 is 1. The third-order valence-corrected chi connectivity index (χ3v) is 1.74. The van der Waals surface area contributed by atoms with Gasteiger partial charge in [0.1, 0.15) is 17.7 Å². The van der Waals surface area contributed by atoms with Gasteiger partial charge in [0.05, 0.1) is 13.5 Å². The average Bonchev–Trinajstić information content (AvgIpc) is 2.30. The molecule has 0 amide bonds. The molecule has 2 N–H and O–H groups in total. The van der Waals surface area contributed by atoms with Crippen LogP contribution in [0.25, 0.3) is 0 Å². The minimum Gasteiger partial charge on any atom is -0.465 e. The first-order valence-corrected chi connectivity index (χ1v) is 4.45. The van der Waals surface area contributed by atoms with Gasteiger partial charge in [0.15, 0.2) is 0 Å². The fourth-order valence-corrected chi connectivity index (χ4v) is 1.01. The van der Waals surface area contributed by atoms with Gasteiger partial charge in [-0.3, -0.25) is 0 Å². The molecular formula is C11H10N2O3. The number of esters is 1. The first-order chi connectivity index (χ1) is 7.69. The van der Waals surface area contributed by atoms with E-state index in [9.17, 15) is 9.59 Å². The summed E-state index contributed by atoms with van der Waals surface area (Å²) < 4.78 is 4.53. The third kappa shape index (κ3) is 2.82. The number of aldehydes is 1. The van der Waals surface area contributed by atoms with Gasteiger partial charge in [-0.25, -0.2) is 9.78 Å². The van der Waals surface area contributed by atoms with E-state index in [1.807, 2.05) is 0 Å². The topological polar surface area (TPSA) is 82.3 Å². The zero-order valence-corrected chi connectivity index (χ0v) is 8.69. The first-order valence-electron chi connectivity index (χ1n) is 4.45. The molecule has 16 heavy (non-hydrogen) atoms. The smallest absolute Gasteiger partial charge is 0.341 e. The molecule has 0 saturated heterocycles. The van der Waals surface area contributed by atoms with Crippen LogP contribution in [-0.2, 0) is 9.53 Å². The Labute approximate surface area is 92.6 Å². The van der Waals surface area contributed by atoms with Crippen LogP contribution < -0.4 is 5.73 Å². The highest BCUT2D eigenvalue weighted by Crippen LogP contribution is 2.11. The summed E-state index contributed by atoms with van der Waals surface area (Å²) in [6, 6.07) is 1.48. The monoisotopic (exact) mass is 218 g/mol. The maximum Gasteiger partial charge on any atom is 0.341 e. The van der Waals surface area contributed by atoms with Crippen LogP contribution in [0.4, 0.5) is 5.82 Å². The number of nitrogen functional groups attached to an aromatic ring is 1. The van der Waals surface area contributed by atoms with E-state index in [4.69, 9.17) is 5.73 Å². The Bertz CT molecular complexity index is 472. The van der Waals surface area contributed by atoms with E-state index in [0.29, 0.717) is 11.8 Å². The van der Waals surface area contributed by atoms with Crippen LogP contribution in [0, 0.1) is 11.8 Å². The molecule has 1 rings (SSSR count). The molecule has 0 bridgehead atoms. The maximum atomic E-state index is 11.3. The van der Waals surface area contributed by atoms with E-state index in [1.54, 1.807) is 0 Å². The lowest BCUT2D eigenvalue weighted by Gasteiger charge is -2.02. The predicted octanol–water partition coefficient (Wildman–Crippen LogP) is 0.391. The number of pyridine rings is 1. The molecule has 82 valence electrons. The number of hydrogen-bond donors (Lipinski definition) is 1. The lowest BCUT2D eigenvalue weighted by atomic mass is 10.2. The molecule has 1 aromatic rings. The molecule has 0 atom stereocenters. The number of anilines is 1. The van der Waals surface area contributed by atoms with Crippen LogP contribution >= 0.6 is 0 Å². The fraction of sp³-hybridized carbons (Fsp3) is 0.182. The molecule has 0 aliphatic heterocycles. The minimum absolute atomic E-state index is 0.0905. The van der Waals surface area contributed by atoms with E-state index in [2.05, 4.69) is 21.6 Å². The van der Waals surface area contributed by atoms with Gasteiger partial charge in [-0.05, 0) is 6.07 Å². The minimum atomic E-state index is -0.566. The molecule has 0 aromatic carbocycles. The largest absolute Gasteiger partial charge is 0.465 e. The number of rotatable bonds is 2. The zero-order chi connectivity index (χ0) is 12.0. The second kappa shape index (κ2) is 5.51. The Morgan fingerprint density at radius 1 is 1.69 bits per heavy atom. The molecule has 0 fully saturated rings. The van der Waals surface area contributed by atoms with Crippen LogP contribution in [0.2, 0.25) is 0 Å². The Kier molecular flexibility index (Phi) is 4.04. The van der Waals surface area contributed by atoms with E-state index >= 15 is 0 Å². The highest BCUT2D eigenvalue weighted by Gasteiger charge is 2.10. The van der Waals surface area contributed by atoms with Crippen LogP contribution in [-0.4, -0.2) is 24.3 Å². The fourth-order valence-electron chi connectivity index (χ4n) is 1.01. The lowest BCUT2D eigenvalue weighted by molar-refractivity contribution is -0.107. The molecule has 5 heteroatoms. The lowest BCUT2D eigenvalue weighted by Crippen LogP contribution is -2.07. The molecule has 0 aliphatic carbocycles. The molecule has 0 aliphatic rings. The van der Waals surface area contributed by atoms with Gasteiger partial charge in [-0.1, -0.05) is 11.8 Å². The SMILES string of the molecule is COC(=O)c1cc(C#CCC=O)cnc1N. The van der Waals surface area contributed by atoms with Crippen molar-refractivity contribution in [2.24, 2.45) is 0 Å². The Hall–Kier alpha value is -2.35. The van der Waals surface area contributed by atoms with Crippen molar-refractivity contribution in [1.82, 2.24) is 4.98 Å². The highest BCUT2D eigenvalue weighted by molar-refractivity contribution is 5.94. The summed E-state index contributed by atoms with van der Waals surface area (Å²) in [5.41, 5.74) is 6.18. The van der Waals surface area contributed by atoms with Gasteiger partial charge in [-0.15, -0.1) is 0 Å². The second-order valence-electron chi connectivity index (χ2n) is 2.82. The summed E-state index contributed by atoms with van der Waals surface area (Å²) in [6.07, 6.45) is 2.26. The van der Waals surface area contributed by atoms with Crippen molar-refractivity contribution >= 4 is 18.1 Å². The number of hydrogen-bond acceptors (Lipinski definition) is 5. The van der Waals surface area contributed by atoms with Crippen molar-refractivity contribution in [3.63, 3.8) is 0 Å². The van der Waals surface area contributed by atoms with Crippen LogP contribution in [0.3, 0.4) is 0 Å². The standard InChI is InChI=1S/C11H10N2O3/c1-16-11(15)9-6-8(4-2-3-5-14)7-13-10(9)12/h5-7H,3H2,1H3,(H2,12,13). The molecule has 1 aromatic heterocycles. The molecule has 0 radical (unpaired) electrons. The van der Waals surface area contributed by atoms with Crippen LogP contribution in [0.1, 0.15) is 22.3 Å². The zero-order valence-electron chi connectivity index (χ0n) is 8.69. The molecular weight excluding hydrogens is 208 g/mol. The number of aromatic nitrogens is 1. The Morgan fingerprint density at radius 2 is 2.44 bits per heavy atom. The van der Waals surface area contributed by atoms with Crippen molar-refractivity contribution < 1.29 is 14.3 Å². The van der Waals surface area contributed by atoms with Crippen molar-refractivity contribution in [2.75, 3.05) is 12.8 Å². The molecule has 0 spiro atoms. The van der Waals surface area contributed by atoms with Gasteiger partial charge in [0.25, 0.3) is 0 Å². The van der Waals surface area contributed by atoms with Crippen LogP contribution in [0.5, 0.6) is 0 Å². The van der Waals surface area contributed by atoms with Gasteiger partial charge < -0.3 is 15.3 Å². The first kappa shape index (κ1) is 11.7. The van der Waals surface area contributed by atoms with Crippen molar-refractivity contribution in [1.29, 1.82) is 0 Å². The summed E-state index contributed by atoms with van der Waals surface area (Å²) in [5, 5.41) is 0. The highest BCUT2D eigenvalue weighted by atomic mass is 16.5. The van der Waals surface area contributed by atoms with E-state index in [0.717, 1.165) is 0 Å². The van der Waals surface area contributed by atoms with Crippen molar-refractivity contribution in [2.45, 2.75) is 6.42 Å². The summed E-state index contributed by atoms with van der Waals surface area (Å²) in [5.74, 6) is 4.81. The molecule has 5 nitrogen and oxygen atoms in total. The number of nitrogens with two attached hydrogens (primary N) is 1. The van der Waals surface area contributed by atoms with Gasteiger partial charge in [-0.2, -0.15) is 0 Å². The van der Waals surface area contributed by atoms with Gasteiger partial charge in [0, 0.05) is 11.8 Å². The summed E-state index contributed by atoms with van der Waals surface area (Å²) >= 11 is 0. The molecule has 0 saturated carbocycles. The summed E-state index contributed by atoms with van der Waals surface area (Å²) in [6.45, 7) is 0. The third-order valence-electron chi connectivity index (χ3n) is 1.74. The van der Waals surface area contributed by atoms with Crippen LogP contribution in [0.15, 0.2) is 12.3 Å². The maximum absolute atomic E-state index is 11.3. The van der Waals surface area contributed by atoms with E-state index in [-0.39, 0.29) is 17.8 Å². The van der Waals surface area contributed by atoms with E-state index in [1.165, 1.54) is 19.4 Å².